The third kappa shape index (κ3) is 3.83. The fourth-order valence-electron chi connectivity index (χ4n) is 1.39. The zero-order chi connectivity index (χ0) is 14.6. The van der Waals surface area contributed by atoms with E-state index in [0.717, 1.165) is 11.4 Å². The number of amides is 1. The molecule has 0 radical (unpaired) electrons. The lowest BCUT2D eigenvalue weighted by molar-refractivity contribution is 0.177. The van der Waals surface area contributed by atoms with Crippen molar-refractivity contribution in [2.24, 2.45) is 0 Å². The van der Waals surface area contributed by atoms with E-state index in [1.807, 2.05) is 0 Å². The summed E-state index contributed by atoms with van der Waals surface area (Å²) < 4.78 is 30.7. The predicted octanol–water partition coefficient (Wildman–Crippen LogP) is 0.986. The molecule has 1 unspecified atom stereocenters. The summed E-state index contributed by atoms with van der Waals surface area (Å²) in [5, 5.41) is 9.18. The molecule has 7 nitrogen and oxygen atoms in total. The summed E-state index contributed by atoms with van der Waals surface area (Å²) >= 11 is 0. The third-order valence-electron chi connectivity index (χ3n) is 2.70. The van der Waals surface area contributed by atoms with Crippen LogP contribution in [-0.4, -0.2) is 38.1 Å². The highest BCUT2D eigenvalue weighted by Gasteiger charge is 2.26. The van der Waals surface area contributed by atoms with Crippen molar-refractivity contribution < 1.29 is 23.1 Å². The van der Waals surface area contributed by atoms with E-state index >= 15 is 0 Å². The molecular formula is C11H16N2O5S. The lowest BCUT2D eigenvalue weighted by Gasteiger charge is -2.24. The number of carbonyl (C=O) groups is 1. The van der Waals surface area contributed by atoms with Crippen LogP contribution in [0.4, 0.5) is 4.79 Å². The van der Waals surface area contributed by atoms with Gasteiger partial charge in [-0.25, -0.2) is 9.52 Å². The molecule has 1 aromatic carbocycles. The lowest BCUT2D eigenvalue weighted by atomic mass is 10.1. The quantitative estimate of drug-likeness (QED) is 0.861. The van der Waals surface area contributed by atoms with Gasteiger partial charge in [0.25, 0.3) is 0 Å². The van der Waals surface area contributed by atoms with Crippen molar-refractivity contribution in [2.75, 3.05) is 14.2 Å². The zero-order valence-corrected chi connectivity index (χ0v) is 11.6. The third-order valence-corrected chi connectivity index (χ3v) is 4.20. The Labute approximate surface area is 112 Å². The number of aromatic hydroxyl groups is 1. The minimum Gasteiger partial charge on any atom is -0.508 e. The van der Waals surface area contributed by atoms with Gasteiger partial charge in [0.2, 0.25) is 0 Å². The Morgan fingerprint density at radius 1 is 1.37 bits per heavy atom. The van der Waals surface area contributed by atoms with Crippen LogP contribution in [-0.2, 0) is 14.9 Å². The van der Waals surface area contributed by atoms with Gasteiger partial charge in [0.1, 0.15) is 5.75 Å². The summed E-state index contributed by atoms with van der Waals surface area (Å²) in [6.07, 6.45) is -1.05. The number of benzene rings is 1. The van der Waals surface area contributed by atoms with Gasteiger partial charge in [-0.2, -0.15) is 12.7 Å². The molecule has 0 aliphatic heterocycles. The first-order chi connectivity index (χ1) is 8.77. The highest BCUT2D eigenvalue weighted by molar-refractivity contribution is 7.87. The molecule has 1 amide bonds. The van der Waals surface area contributed by atoms with Gasteiger partial charge < -0.3 is 9.84 Å². The molecule has 0 saturated carbocycles. The number of hydrogen-bond acceptors (Lipinski definition) is 5. The Balaban J connectivity index is 2.90. The summed E-state index contributed by atoms with van der Waals surface area (Å²) in [4.78, 5) is 11.0. The molecule has 8 heteroatoms. The van der Waals surface area contributed by atoms with Crippen molar-refractivity contribution in [1.29, 1.82) is 0 Å². The average Bonchev–Trinajstić information content (AvgIpc) is 2.37. The Morgan fingerprint density at radius 2 is 1.89 bits per heavy atom. The molecule has 0 aliphatic rings. The molecule has 1 atom stereocenters. The van der Waals surface area contributed by atoms with Crippen LogP contribution in [0.25, 0.3) is 0 Å². The normalized spacial score (nSPS) is 13.1. The maximum Gasteiger partial charge on any atom is 0.421 e. The molecule has 0 fully saturated rings. The van der Waals surface area contributed by atoms with Crippen LogP contribution >= 0.6 is 0 Å². The fraction of sp³-hybridized carbons (Fsp3) is 0.364. The highest BCUT2D eigenvalue weighted by Crippen LogP contribution is 2.22. The largest absolute Gasteiger partial charge is 0.508 e. The standard InChI is InChI=1S/C11H16N2O5S/c1-8(9-4-6-10(14)7-5-9)13(2)19(16,17)12-11(15)18-3/h4-8,14H,1-3H3,(H,12,15). The summed E-state index contributed by atoms with van der Waals surface area (Å²) in [6.45, 7) is 1.66. The van der Waals surface area contributed by atoms with Crippen LogP contribution in [0.15, 0.2) is 24.3 Å². The number of phenols is 1. The first-order valence-electron chi connectivity index (χ1n) is 5.40. The molecule has 0 aliphatic carbocycles. The van der Waals surface area contributed by atoms with Gasteiger partial charge in [0, 0.05) is 13.1 Å². The SMILES string of the molecule is COC(=O)NS(=O)(=O)N(C)C(C)c1ccc(O)cc1. The first kappa shape index (κ1) is 15.3. The molecule has 0 spiro atoms. The number of nitrogens with one attached hydrogen (secondary N) is 1. The van der Waals surface area contributed by atoms with Gasteiger partial charge in [0.05, 0.1) is 7.11 Å². The Kier molecular flexibility index (Phi) is 4.73. The van der Waals surface area contributed by atoms with E-state index in [2.05, 4.69) is 4.74 Å². The maximum atomic E-state index is 11.8. The van der Waals surface area contributed by atoms with Crippen molar-refractivity contribution in [1.82, 2.24) is 9.03 Å². The van der Waals surface area contributed by atoms with Crippen LogP contribution in [0.5, 0.6) is 5.75 Å². The summed E-state index contributed by atoms with van der Waals surface area (Å²) in [6, 6.07) is 5.61. The Bertz CT molecular complexity index is 541. The molecule has 1 rings (SSSR count). The van der Waals surface area contributed by atoms with E-state index in [4.69, 9.17) is 0 Å². The van der Waals surface area contributed by atoms with Crippen molar-refractivity contribution in [3.05, 3.63) is 29.8 Å². The van der Waals surface area contributed by atoms with Crippen LogP contribution in [0, 0.1) is 0 Å². The van der Waals surface area contributed by atoms with Gasteiger partial charge >= 0.3 is 16.3 Å². The molecule has 0 saturated heterocycles. The van der Waals surface area contributed by atoms with Crippen molar-refractivity contribution in [3.63, 3.8) is 0 Å². The number of ether oxygens (including phenoxy) is 1. The number of nitrogens with zero attached hydrogens (tertiary/aromatic N) is 1. The van der Waals surface area contributed by atoms with Gasteiger partial charge in [-0.1, -0.05) is 12.1 Å². The van der Waals surface area contributed by atoms with Crippen molar-refractivity contribution in [2.45, 2.75) is 13.0 Å². The van der Waals surface area contributed by atoms with E-state index in [1.165, 1.54) is 19.2 Å². The maximum absolute atomic E-state index is 11.8. The van der Waals surface area contributed by atoms with E-state index < -0.39 is 22.3 Å². The Morgan fingerprint density at radius 3 is 2.37 bits per heavy atom. The molecule has 2 N–H and O–H groups in total. The average molecular weight is 288 g/mol. The predicted molar refractivity (Wildman–Crippen MR) is 68.7 cm³/mol. The second-order valence-corrected chi connectivity index (χ2v) is 5.61. The molecule has 0 heterocycles. The van der Waals surface area contributed by atoms with Gasteiger partial charge in [0.15, 0.2) is 0 Å². The minimum atomic E-state index is -3.98. The molecule has 1 aromatic rings. The smallest absolute Gasteiger partial charge is 0.421 e. The fourth-order valence-corrected chi connectivity index (χ4v) is 2.37. The second-order valence-electron chi connectivity index (χ2n) is 3.88. The second kappa shape index (κ2) is 5.89. The number of phenolic OH excluding ortho intramolecular Hbond substituents is 1. The minimum absolute atomic E-state index is 0.0918. The summed E-state index contributed by atoms with van der Waals surface area (Å²) in [7, 11) is -1.57. The summed E-state index contributed by atoms with van der Waals surface area (Å²) in [5.41, 5.74) is 0.676. The molecule has 106 valence electrons. The topological polar surface area (TPSA) is 95.9 Å². The van der Waals surface area contributed by atoms with Crippen molar-refractivity contribution >= 4 is 16.3 Å². The van der Waals surface area contributed by atoms with Crippen molar-refractivity contribution in [3.8, 4) is 5.75 Å². The lowest BCUT2D eigenvalue weighted by Crippen LogP contribution is -2.42. The van der Waals surface area contributed by atoms with Crippen LogP contribution in [0.3, 0.4) is 0 Å². The van der Waals surface area contributed by atoms with Crippen LogP contribution < -0.4 is 4.72 Å². The van der Waals surface area contributed by atoms with Crippen LogP contribution in [0.1, 0.15) is 18.5 Å². The molecular weight excluding hydrogens is 272 g/mol. The van der Waals surface area contributed by atoms with E-state index in [-0.39, 0.29) is 5.75 Å². The molecule has 19 heavy (non-hydrogen) atoms. The van der Waals surface area contributed by atoms with Crippen LogP contribution in [0.2, 0.25) is 0 Å². The Hall–Kier alpha value is -1.80. The van der Waals surface area contributed by atoms with Gasteiger partial charge in [-0.05, 0) is 24.6 Å². The zero-order valence-electron chi connectivity index (χ0n) is 10.8. The van der Waals surface area contributed by atoms with E-state index in [9.17, 15) is 18.3 Å². The number of rotatable bonds is 4. The summed E-state index contributed by atoms with van der Waals surface area (Å²) in [5.74, 6) is 0.0918. The number of carbonyl (C=O) groups excluding carboxylic acids is 1. The molecule has 0 aromatic heterocycles. The number of hydrogen-bond donors (Lipinski definition) is 2. The monoisotopic (exact) mass is 288 g/mol. The highest BCUT2D eigenvalue weighted by atomic mass is 32.2. The molecule has 0 bridgehead atoms. The van der Waals surface area contributed by atoms with E-state index in [0.29, 0.717) is 5.56 Å². The van der Waals surface area contributed by atoms with E-state index in [1.54, 1.807) is 23.8 Å². The number of methoxy groups -OCH3 is 1. The van der Waals surface area contributed by atoms with Gasteiger partial charge in [-0.15, -0.1) is 0 Å². The van der Waals surface area contributed by atoms with Gasteiger partial charge in [-0.3, -0.25) is 0 Å². The first-order valence-corrected chi connectivity index (χ1v) is 6.84.